The molecule has 0 aromatic rings. The van der Waals surface area contributed by atoms with Crippen molar-refractivity contribution in [3.63, 3.8) is 0 Å². The highest BCUT2D eigenvalue weighted by Gasteiger charge is 2.19. The molecule has 1 fully saturated rings. The highest BCUT2D eigenvalue weighted by atomic mass is 16.3. The van der Waals surface area contributed by atoms with Crippen LogP contribution in [-0.4, -0.2) is 66.3 Å². The van der Waals surface area contributed by atoms with Crippen molar-refractivity contribution in [1.29, 1.82) is 0 Å². The average molecular weight is 201 g/mol. The van der Waals surface area contributed by atoms with Crippen molar-refractivity contribution < 1.29 is 5.11 Å². The predicted molar refractivity (Wildman–Crippen MR) is 58.2 cm³/mol. The van der Waals surface area contributed by atoms with Gasteiger partial charge in [-0.2, -0.15) is 0 Å². The Morgan fingerprint density at radius 3 is 2.21 bits per heavy atom. The van der Waals surface area contributed by atoms with Crippen LogP contribution in [0.25, 0.3) is 0 Å². The zero-order valence-corrected chi connectivity index (χ0v) is 9.32. The molecule has 14 heavy (non-hydrogen) atoms. The van der Waals surface area contributed by atoms with E-state index in [0.717, 1.165) is 32.7 Å². The molecule has 1 heterocycles. The minimum atomic E-state index is -0.0828. The van der Waals surface area contributed by atoms with Gasteiger partial charge < -0.3 is 10.8 Å². The minimum absolute atomic E-state index is 0.0828. The molecule has 0 aromatic heterocycles. The maximum atomic E-state index is 8.84. The lowest BCUT2D eigenvalue weighted by Gasteiger charge is -2.37. The van der Waals surface area contributed by atoms with E-state index in [9.17, 15) is 0 Å². The number of aliphatic hydroxyl groups excluding tert-OH is 1. The summed E-state index contributed by atoms with van der Waals surface area (Å²) < 4.78 is 0. The average Bonchev–Trinajstić information content (AvgIpc) is 2.18. The molecule has 1 atom stereocenters. The molecular weight excluding hydrogens is 178 g/mol. The van der Waals surface area contributed by atoms with Gasteiger partial charge in [0.2, 0.25) is 0 Å². The lowest BCUT2D eigenvalue weighted by molar-refractivity contribution is 0.0974. The number of hydrogen-bond acceptors (Lipinski definition) is 4. The Hall–Kier alpha value is -0.160. The quantitative estimate of drug-likeness (QED) is 0.633. The fourth-order valence-electron chi connectivity index (χ4n) is 1.85. The normalized spacial score (nSPS) is 22.9. The van der Waals surface area contributed by atoms with Crippen LogP contribution in [0.4, 0.5) is 0 Å². The highest BCUT2D eigenvalue weighted by molar-refractivity contribution is 4.76. The largest absolute Gasteiger partial charge is 0.395 e. The van der Waals surface area contributed by atoms with Crippen molar-refractivity contribution in [3.05, 3.63) is 0 Å². The van der Waals surface area contributed by atoms with Crippen LogP contribution in [0.5, 0.6) is 0 Å². The summed E-state index contributed by atoms with van der Waals surface area (Å²) >= 11 is 0. The monoisotopic (exact) mass is 201 g/mol. The molecule has 4 heteroatoms. The molecule has 0 radical (unpaired) electrons. The van der Waals surface area contributed by atoms with E-state index >= 15 is 0 Å². The minimum Gasteiger partial charge on any atom is -0.395 e. The summed E-state index contributed by atoms with van der Waals surface area (Å²) in [6, 6.07) is 0.560. The zero-order chi connectivity index (χ0) is 10.6. The molecular formula is C10H23N3O. The van der Waals surface area contributed by atoms with E-state index in [1.807, 2.05) is 0 Å². The lowest BCUT2D eigenvalue weighted by atomic mass is 10.2. The van der Waals surface area contributed by atoms with E-state index in [1.165, 1.54) is 0 Å². The molecule has 3 N–H and O–H groups in total. The molecule has 1 unspecified atom stereocenters. The number of hydrogen-bond donors (Lipinski definition) is 2. The van der Waals surface area contributed by atoms with Gasteiger partial charge >= 0.3 is 0 Å². The summed E-state index contributed by atoms with van der Waals surface area (Å²) in [5, 5.41) is 8.84. The van der Waals surface area contributed by atoms with Gasteiger partial charge in [0, 0.05) is 44.8 Å². The molecule has 0 amide bonds. The number of aliphatic hydroxyl groups is 1. The molecule has 0 saturated carbocycles. The Kier molecular flexibility index (Phi) is 4.81. The number of rotatable bonds is 4. The molecule has 1 saturated heterocycles. The number of nitrogens with zero attached hydrogens (tertiary/aromatic N) is 2. The van der Waals surface area contributed by atoms with E-state index in [1.54, 1.807) is 0 Å². The van der Waals surface area contributed by atoms with Gasteiger partial charge in [0.1, 0.15) is 0 Å². The van der Waals surface area contributed by atoms with Crippen LogP contribution in [0.1, 0.15) is 13.8 Å². The third-order valence-corrected chi connectivity index (χ3v) is 2.86. The van der Waals surface area contributed by atoms with Gasteiger partial charge in [-0.1, -0.05) is 0 Å². The van der Waals surface area contributed by atoms with Gasteiger partial charge in [-0.25, -0.2) is 0 Å². The van der Waals surface area contributed by atoms with E-state index in [-0.39, 0.29) is 12.6 Å². The second kappa shape index (κ2) is 5.66. The molecule has 0 aliphatic carbocycles. The van der Waals surface area contributed by atoms with Gasteiger partial charge in [-0.15, -0.1) is 0 Å². The summed E-state index contributed by atoms with van der Waals surface area (Å²) in [5.41, 5.74) is 5.69. The molecule has 1 rings (SSSR count). The van der Waals surface area contributed by atoms with Gasteiger partial charge in [0.15, 0.2) is 0 Å². The summed E-state index contributed by atoms with van der Waals surface area (Å²) in [6.45, 7) is 9.76. The molecule has 0 spiro atoms. The van der Waals surface area contributed by atoms with Crippen molar-refractivity contribution >= 4 is 0 Å². The summed E-state index contributed by atoms with van der Waals surface area (Å²) in [5.74, 6) is 0. The smallest absolute Gasteiger partial charge is 0.0595 e. The topological polar surface area (TPSA) is 52.7 Å². The first-order chi connectivity index (χ1) is 6.63. The maximum absolute atomic E-state index is 8.84. The molecule has 1 aliphatic heterocycles. The van der Waals surface area contributed by atoms with Crippen molar-refractivity contribution in [2.75, 3.05) is 39.3 Å². The lowest BCUT2D eigenvalue weighted by Crippen LogP contribution is -2.52. The molecule has 1 aliphatic rings. The summed E-state index contributed by atoms with van der Waals surface area (Å²) in [4.78, 5) is 4.81. The van der Waals surface area contributed by atoms with Crippen molar-refractivity contribution in [3.8, 4) is 0 Å². The van der Waals surface area contributed by atoms with Gasteiger partial charge in [-0.05, 0) is 13.8 Å². The van der Waals surface area contributed by atoms with E-state index in [2.05, 4.69) is 23.6 Å². The first-order valence-electron chi connectivity index (χ1n) is 5.46. The van der Waals surface area contributed by atoms with Crippen LogP contribution in [0.15, 0.2) is 0 Å². The fourth-order valence-corrected chi connectivity index (χ4v) is 1.85. The first-order valence-corrected chi connectivity index (χ1v) is 5.46. The van der Waals surface area contributed by atoms with Crippen LogP contribution in [-0.2, 0) is 0 Å². The van der Waals surface area contributed by atoms with Crippen LogP contribution in [0.3, 0.4) is 0 Å². The molecule has 84 valence electrons. The van der Waals surface area contributed by atoms with Crippen molar-refractivity contribution in [1.82, 2.24) is 9.80 Å². The van der Waals surface area contributed by atoms with E-state index < -0.39 is 0 Å². The number of nitrogens with two attached hydrogens (primary N) is 1. The Balaban J connectivity index is 2.22. The molecule has 4 nitrogen and oxygen atoms in total. The van der Waals surface area contributed by atoms with Crippen LogP contribution in [0.2, 0.25) is 0 Å². The summed E-state index contributed by atoms with van der Waals surface area (Å²) in [6.07, 6.45) is 0. The second-order valence-electron chi connectivity index (χ2n) is 4.37. The number of piperazine rings is 1. The van der Waals surface area contributed by atoms with Gasteiger partial charge in [0.05, 0.1) is 6.61 Å². The van der Waals surface area contributed by atoms with Crippen LogP contribution < -0.4 is 5.73 Å². The third kappa shape index (κ3) is 3.53. The molecule has 0 aromatic carbocycles. The van der Waals surface area contributed by atoms with Crippen molar-refractivity contribution in [2.24, 2.45) is 5.73 Å². The maximum Gasteiger partial charge on any atom is 0.0595 e. The van der Waals surface area contributed by atoms with Crippen LogP contribution in [0, 0.1) is 0 Å². The Bertz CT molecular complexity index is 155. The van der Waals surface area contributed by atoms with Gasteiger partial charge in [-0.3, -0.25) is 9.80 Å². The molecule has 0 bridgehead atoms. The SMILES string of the molecule is CC(C)N1CCN(CC(N)CO)CC1. The van der Waals surface area contributed by atoms with E-state index in [0.29, 0.717) is 6.04 Å². The van der Waals surface area contributed by atoms with E-state index in [4.69, 9.17) is 10.8 Å². The summed E-state index contributed by atoms with van der Waals surface area (Å²) in [7, 11) is 0. The standard InChI is InChI=1S/C10H23N3O/c1-9(2)13-5-3-12(4-6-13)7-10(11)8-14/h9-10,14H,3-8,11H2,1-2H3. The zero-order valence-electron chi connectivity index (χ0n) is 9.32. The predicted octanol–water partition coefficient (Wildman–Crippen LogP) is -0.668. The highest BCUT2D eigenvalue weighted by Crippen LogP contribution is 2.05. The fraction of sp³-hybridized carbons (Fsp3) is 1.00. The third-order valence-electron chi connectivity index (χ3n) is 2.86. The van der Waals surface area contributed by atoms with Crippen molar-refractivity contribution in [2.45, 2.75) is 25.9 Å². The van der Waals surface area contributed by atoms with Gasteiger partial charge in [0.25, 0.3) is 0 Å². The first kappa shape index (κ1) is 11.9. The Morgan fingerprint density at radius 1 is 1.21 bits per heavy atom. The Morgan fingerprint density at radius 2 is 1.79 bits per heavy atom. The Labute approximate surface area is 86.7 Å². The van der Waals surface area contributed by atoms with Crippen LogP contribution >= 0.6 is 0 Å². The second-order valence-corrected chi connectivity index (χ2v) is 4.37.